The number of hydrogen-bond donors (Lipinski definition) is 2. The largest absolute Gasteiger partial charge is 0.379 e. The van der Waals surface area contributed by atoms with Gasteiger partial charge in [-0.15, -0.1) is 0 Å². The second kappa shape index (κ2) is 12.1. The predicted octanol–water partition coefficient (Wildman–Crippen LogP) is -1.38. The number of carbonyl (C=O) groups excluding carboxylic acids is 2. The molecule has 0 aromatic rings. The smallest absolute Gasteiger partial charge is 0.248 e. The van der Waals surface area contributed by atoms with Crippen LogP contribution in [0.25, 0.3) is 0 Å². The van der Waals surface area contributed by atoms with E-state index in [0.717, 1.165) is 6.29 Å². The lowest BCUT2D eigenvalue weighted by Gasteiger charge is -2.06. The molecule has 0 aromatic heterocycles. The number of amides is 1. The molecule has 7 heteroatoms. The van der Waals surface area contributed by atoms with Crippen molar-refractivity contribution in [1.29, 1.82) is 0 Å². The Labute approximate surface area is 94.2 Å². The van der Waals surface area contributed by atoms with Gasteiger partial charge >= 0.3 is 0 Å². The van der Waals surface area contributed by atoms with E-state index >= 15 is 0 Å². The van der Waals surface area contributed by atoms with E-state index in [4.69, 9.17) is 15.4 Å². The van der Waals surface area contributed by atoms with Crippen LogP contribution in [-0.4, -0.2) is 51.8 Å². The summed E-state index contributed by atoms with van der Waals surface area (Å²) in [6, 6.07) is 0. The Bertz CT molecular complexity index is 189. The van der Waals surface area contributed by atoms with Gasteiger partial charge < -0.3 is 19.6 Å². The van der Waals surface area contributed by atoms with Crippen LogP contribution in [-0.2, 0) is 23.9 Å². The van der Waals surface area contributed by atoms with Crippen molar-refractivity contribution in [3.05, 3.63) is 0 Å². The standard InChI is InChI=1S/C9H18N2O5/c10-16-8-9(13)11-2-5-15-7-6-14-4-1-3-12/h3H,1-2,4-8,10H2,(H,11,13). The van der Waals surface area contributed by atoms with Gasteiger partial charge in [-0.1, -0.05) is 0 Å². The molecule has 3 N–H and O–H groups in total. The molecule has 0 unspecified atom stereocenters. The summed E-state index contributed by atoms with van der Waals surface area (Å²) in [5, 5.41) is 2.54. The Morgan fingerprint density at radius 3 is 2.50 bits per heavy atom. The molecule has 0 fully saturated rings. The maximum absolute atomic E-state index is 10.8. The summed E-state index contributed by atoms with van der Waals surface area (Å²) in [6.45, 7) is 1.92. The molecule has 0 aliphatic heterocycles. The fourth-order valence-electron chi connectivity index (χ4n) is 0.843. The molecule has 94 valence electrons. The summed E-state index contributed by atoms with van der Waals surface area (Å²) >= 11 is 0. The van der Waals surface area contributed by atoms with Crippen LogP contribution >= 0.6 is 0 Å². The molecule has 0 aliphatic carbocycles. The molecule has 0 aromatic carbocycles. The zero-order valence-electron chi connectivity index (χ0n) is 9.15. The molecule has 16 heavy (non-hydrogen) atoms. The van der Waals surface area contributed by atoms with E-state index in [1.54, 1.807) is 0 Å². The average Bonchev–Trinajstić information content (AvgIpc) is 2.27. The van der Waals surface area contributed by atoms with Crippen molar-refractivity contribution in [3.63, 3.8) is 0 Å². The molecule has 1 amide bonds. The zero-order valence-corrected chi connectivity index (χ0v) is 9.15. The third-order valence-corrected chi connectivity index (χ3v) is 1.54. The molecular formula is C9H18N2O5. The highest BCUT2D eigenvalue weighted by molar-refractivity contribution is 5.77. The Morgan fingerprint density at radius 1 is 1.19 bits per heavy atom. The SMILES string of the molecule is NOCC(=O)NCCOCCOCCC=O. The van der Waals surface area contributed by atoms with Crippen LogP contribution in [0.2, 0.25) is 0 Å². The minimum absolute atomic E-state index is 0.158. The highest BCUT2D eigenvalue weighted by atomic mass is 16.6. The van der Waals surface area contributed by atoms with Crippen LogP contribution in [0.4, 0.5) is 0 Å². The van der Waals surface area contributed by atoms with E-state index in [1.165, 1.54) is 0 Å². The van der Waals surface area contributed by atoms with Gasteiger partial charge in [-0.25, -0.2) is 5.90 Å². The van der Waals surface area contributed by atoms with Gasteiger partial charge in [0.25, 0.3) is 0 Å². The van der Waals surface area contributed by atoms with E-state index < -0.39 is 0 Å². The van der Waals surface area contributed by atoms with Crippen LogP contribution in [0, 0.1) is 0 Å². The summed E-state index contributed by atoms with van der Waals surface area (Å²) in [4.78, 5) is 24.9. The molecular weight excluding hydrogens is 216 g/mol. The number of aldehydes is 1. The quantitative estimate of drug-likeness (QED) is 0.259. The van der Waals surface area contributed by atoms with Crippen molar-refractivity contribution >= 4 is 12.2 Å². The van der Waals surface area contributed by atoms with E-state index in [-0.39, 0.29) is 12.5 Å². The first-order valence-electron chi connectivity index (χ1n) is 4.98. The second-order valence-corrected chi connectivity index (χ2v) is 2.84. The predicted molar refractivity (Wildman–Crippen MR) is 55.5 cm³/mol. The van der Waals surface area contributed by atoms with Gasteiger partial charge in [0.05, 0.1) is 26.4 Å². The number of rotatable bonds is 11. The summed E-state index contributed by atoms with van der Waals surface area (Å²) in [6.07, 6.45) is 1.20. The van der Waals surface area contributed by atoms with Crippen molar-refractivity contribution in [2.75, 3.05) is 39.6 Å². The van der Waals surface area contributed by atoms with Gasteiger partial charge in [0.1, 0.15) is 12.9 Å². The Kier molecular flexibility index (Phi) is 11.3. The van der Waals surface area contributed by atoms with Gasteiger partial charge in [0.2, 0.25) is 5.91 Å². The fraction of sp³-hybridized carbons (Fsp3) is 0.778. The summed E-state index contributed by atoms with van der Waals surface area (Å²) in [7, 11) is 0. The minimum atomic E-state index is -0.284. The maximum Gasteiger partial charge on any atom is 0.248 e. The summed E-state index contributed by atoms with van der Waals surface area (Å²) in [5.41, 5.74) is 0. The van der Waals surface area contributed by atoms with E-state index in [2.05, 4.69) is 10.2 Å². The molecule has 0 saturated heterocycles. The molecule has 0 radical (unpaired) electrons. The summed E-state index contributed by atoms with van der Waals surface area (Å²) in [5.74, 6) is 4.42. The lowest BCUT2D eigenvalue weighted by molar-refractivity contribution is -0.126. The minimum Gasteiger partial charge on any atom is -0.379 e. The van der Waals surface area contributed by atoms with Crippen LogP contribution in [0.3, 0.4) is 0 Å². The van der Waals surface area contributed by atoms with Crippen LogP contribution in [0.5, 0.6) is 0 Å². The van der Waals surface area contributed by atoms with Gasteiger partial charge in [-0.3, -0.25) is 9.63 Å². The first kappa shape index (κ1) is 15.0. The van der Waals surface area contributed by atoms with Gasteiger partial charge in [0, 0.05) is 13.0 Å². The van der Waals surface area contributed by atoms with Gasteiger partial charge in [-0.05, 0) is 0 Å². The topological polar surface area (TPSA) is 99.9 Å². The number of nitrogens with two attached hydrogens (primary N) is 1. The van der Waals surface area contributed by atoms with Gasteiger partial charge in [-0.2, -0.15) is 0 Å². The van der Waals surface area contributed by atoms with E-state index in [1.807, 2.05) is 0 Å². The summed E-state index contributed by atoms with van der Waals surface area (Å²) < 4.78 is 10.2. The molecule has 0 rings (SSSR count). The van der Waals surface area contributed by atoms with Gasteiger partial charge in [0.15, 0.2) is 0 Å². The average molecular weight is 234 g/mol. The van der Waals surface area contributed by atoms with Crippen molar-refractivity contribution in [2.24, 2.45) is 5.90 Å². The lowest BCUT2D eigenvalue weighted by atomic mass is 10.5. The molecule has 0 aliphatic rings. The van der Waals surface area contributed by atoms with Crippen LogP contribution < -0.4 is 11.2 Å². The normalized spacial score (nSPS) is 10.1. The van der Waals surface area contributed by atoms with Crippen molar-refractivity contribution in [2.45, 2.75) is 6.42 Å². The first-order chi connectivity index (χ1) is 7.81. The van der Waals surface area contributed by atoms with Crippen molar-refractivity contribution in [3.8, 4) is 0 Å². The van der Waals surface area contributed by atoms with Crippen LogP contribution in [0.15, 0.2) is 0 Å². The van der Waals surface area contributed by atoms with E-state index in [9.17, 15) is 9.59 Å². The second-order valence-electron chi connectivity index (χ2n) is 2.84. The Balaban J connectivity index is 3.03. The molecule has 0 atom stereocenters. The van der Waals surface area contributed by atoms with Crippen molar-refractivity contribution in [1.82, 2.24) is 5.32 Å². The molecule has 0 saturated carbocycles. The Morgan fingerprint density at radius 2 is 1.88 bits per heavy atom. The Hall–Kier alpha value is -1.02. The zero-order chi connectivity index (χ0) is 12.1. The monoisotopic (exact) mass is 234 g/mol. The molecule has 7 nitrogen and oxygen atoms in total. The highest BCUT2D eigenvalue weighted by Gasteiger charge is 1.98. The maximum atomic E-state index is 10.8. The molecule has 0 bridgehead atoms. The van der Waals surface area contributed by atoms with Crippen molar-refractivity contribution < 1.29 is 23.9 Å². The molecule has 0 heterocycles. The fourth-order valence-corrected chi connectivity index (χ4v) is 0.843. The number of hydrogen-bond acceptors (Lipinski definition) is 6. The number of carbonyl (C=O) groups is 2. The third kappa shape index (κ3) is 11.1. The highest BCUT2D eigenvalue weighted by Crippen LogP contribution is 1.80. The third-order valence-electron chi connectivity index (χ3n) is 1.54. The van der Waals surface area contributed by atoms with E-state index in [0.29, 0.717) is 39.4 Å². The number of nitrogens with one attached hydrogen (secondary N) is 1. The van der Waals surface area contributed by atoms with Crippen LogP contribution in [0.1, 0.15) is 6.42 Å². The lowest BCUT2D eigenvalue weighted by Crippen LogP contribution is -2.31. The molecule has 0 spiro atoms. The number of ether oxygens (including phenoxy) is 2. The first-order valence-corrected chi connectivity index (χ1v) is 4.98.